The van der Waals surface area contributed by atoms with Crippen molar-refractivity contribution in [3.05, 3.63) is 53.6 Å². The predicted octanol–water partition coefficient (Wildman–Crippen LogP) is 1.40. The molecule has 26 heavy (non-hydrogen) atoms. The summed E-state index contributed by atoms with van der Waals surface area (Å²) >= 11 is 0. The van der Waals surface area contributed by atoms with E-state index in [1.165, 1.54) is 31.4 Å². The standard InChI is InChI=1S/C18H21NO6S/c1-24-16-8-3-13(11-17(16)25-2)12-19-18(21)14-4-6-15(7-5-14)26(22,23)10-9-20/h3-8,11,20H,9-10,12H2,1-2H3,(H,19,21). The van der Waals surface area contributed by atoms with E-state index in [1.54, 1.807) is 19.2 Å². The van der Waals surface area contributed by atoms with Gasteiger partial charge >= 0.3 is 0 Å². The summed E-state index contributed by atoms with van der Waals surface area (Å²) in [6, 6.07) is 10.9. The van der Waals surface area contributed by atoms with Gasteiger partial charge in [-0.2, -0.15) is 0 Å². The molecule has 0 radical (unpaired) electrons. The molecule has 0 atom stereocenters. The van der Waals surface area contributed by atoms with Gasteiger partial charge in [-0.25, -0.2) is 8.42 Å². The maximum atomic E-state index is 12.2. The molecule has 0 aliphatic rings. The highest BCUT2D eigenvalue weighted by atomic mass is 32.2. The number of benzene rings is 2. The highest BCUT2D eigenvalue weighted by molar-refractivity contribution is 7.91. The van der Waals surface area contributed by atoms with Crippen molar-refractivity contribution < 1.29 is 27.8 Å². The van der Waals surface area contributed by atoms with Gasteiger partial charge < -0.3 is 19.9 Å². The molecule has 0 aliphatic heterocycles. The van der Waals surface area contributed by atoms with Crippen LogP contribution in [0.2, 0.25) is 0 Å². The zero-order valence-electron chi connectivity index (χ0n) is 14.6. The van der Waals surface area contributed by atoms with Crippen LogP contribution in [0.5, 0.6) is 11.5 Å². The van der Waals surface area contributed by atoms with Gasteiger partial charge in [-0.05, 0) is 42.0 Å². The Balaban J connectivity index is 2.04. The van der Waals surface area contributed by atoms with Crippen molar-refractivity contribution in [3.63, 3.8) is 0 Å². The topological polar surface area (TPSA) is 102 Å². The maximum absolute atomic E-state index is 12.2. The number of sulfone groups is 1. The second-order valence-electron chi connectivity index (χ2n) is 5.44. The van der Waals surface area contributed by atoms with Crippen LogP contribution in [-0.4, -0.2) is 46.0 Å². The third kappa shape index (κ3) is 4.74. The Morgan fingerprint density at radius 1 is 1.04 bits per heavy atom. The van der Waals surface area contributed by atoms with E-state index in [1.807, 2.05) is 6.07 Å². The summed E-state index contributed by atoms with van der Waals surface area (Å²) in [5.74, 6) is 0.489. The molecule has 2 N–H and O–H groups in total. The van der Waals surface area contributed by atoms with Gasteiger partial charge in [-0.1, -0.05) is 6.07 Å². The SMILES string of the molecule is COc1ccc(CNC(=O)c2ccc(S(=O)(=O)CCO)cc2)cc1OC. The maximum Gasteiger partial charge on any atom is 0.251 e. The number of hydrogen-bond acceptors (Lipinski definition) is 6. The molecule has 0 saturated heterocycles. The number of aliphatic hydroxyl groups excluding tert-OH is 1. The molecule has 0 unspecified atom stereocenters. The van der Waals surface area contributed by atoms with Crippen LogP contribution in [0.3, 0.4) is 0 Å². The predicted molar refractivity (Wildman–Crippen MR) is 96.3 cm³/mol. The van der Waals surface area contributed by atoms with Crippen molar-refractivity contribution in [2.24, 2.45) is 0 Å². The quantitative estimate of drug-likeness (QED) is 0.719. The minimum Gasteiger partial charge on any atom is -0.493 e. The van der Waals surface area contributed by atoms with Crippen LogP contribution in [0.4, 0.5) is 0 Å². The number of methoxy groups -OCH3 is 2. The molecule has 2 aromatic rings. The van der Waals surface area contributed by atoms with Gasteiger partial charge in [0, 0.05) is 12.1 Å². The monoisotopic (exact) mass is 379 g/mol. The molecule has 0 aromatic heterocycles. The largest absolute Gasteiger partial charge is 0.493 e. The Labute approximate surface area is 152 Å². The fourth-order valence-corrected chi connectivity index (χ4v) is 3.35. The lowest BCUT2D eigenvalue weighted by Crippen LogP contribution is -2.22. The van der Waals surface area contributed by atoms with E-state index in [0.717, 1.165) is 5.56 Å². The summed E-state index contributed by atoms with van der Waals surface area (Å²) < 4.78 is 34.1. The molecule has 0 spiro atoms. The van der Waals surface area contributed by atoms with E-state index in [9.17, 15) is 13.2 Å². The van der Waals surface area contributed by atoms with Gasteiger partial charge in [0.15, 0.2) is 21.3 Å². The van der Waals surface area contributed by atoms with Crippen molar-refractivity contribution >= 4 is 15.7 Å². The summed E-state index contributed by atoms with van der Waals surface area (Å²) in [6.07, 6.45) is 0. The molecule has 0 saturated carbocycles. The van der Waals surface area contributed by atoms with Crippen molar-refractivity contribution in [2.45, 2.75) is 11.4 Å². The first-order valence-corrected chi connectivity index (χ1v) is 9.49. The highest BCUT2D eigenvalue weighted by Crippen LogP contribution is 2.27. The average molecular weight is 379 g/mol. The molecular weight excluding hydrogens is 358 g/mol. The van der Waals surface area contributed by atoms with E-state index in [-0.39, 0.29) is 23.1 Å². The van der Waals surface area contributed by atoms with Gasteiger partial charge in [0.25, 0.3) is 5.91 Å². The normalized spacial score (nSPS) is 11.0. The smallest absolute Gasteiger partial charge is 0.251 e. The molecule has 0 fully saturated rings. The third-order valence-corrected chi connectivity index (χ3v) is 5.45. The molecule has 7 nitrogen and oxygen atoms in total. The second kappa shape index (κ2) is 8.68. The van der Waals surface area contributed by atoms with Crippen molar-refractivity contribution in [2.75, 3.05) is 26.6 Å². The number of carbonyl (C=O) groups excluding carboxylic acids is 1. The fraction of sp³-hybridized carbons (Fsp3) is 0.278. The van der Waals surface area contributed by atoms with E-state index in [0.29, 0.717) is 17.1 Å². The summed E-state index contributed by atoms with van der Waals surface area (Å²) in [5.41, 5.74) is 1.17. The molecule has 2 rings (SSSR count). The molecule has 140 valence electrons. The van der Waals surface area contributed by atoms with Crippen LogP contribution in [0.15, 0.2) is 47.4 Å². The minimum absolute atomic E-state index is 0.0722. The summed E-state index contributed by atoms with van der Waals surface area (Å²) in [4.78, 5) is 12.3. The number of nitrogens with one attached hydrogen (secondary N) is 1. The number of rotatable bonds is 8. The highest BCUT2D eigenvalue weighted by Gasteiger charge is 2.14. The zero-order chi connectivity index (χ0) is 19.2. The Morgan fingerprint density at radius 2 is 1.69 bits per heavy atom. The Kier molecular flexibility index (Phi) is 6.59. The van der Waals surface area contributed by atoms with E-state index in [4.69, 9.17) is 14.6 Å². The van der Waals surface area contributed by atoms with E-state index >= 15 is 0 Å². The lowest BCUT2D eigenvalue weighted by atomic mass is 10.1. The number of aliphatic hydroxyl groups is 1. The molecule has 0 bridgehead atoms. The van der Waals surface area contributed by atoms with Gasteiger partial charge in [-0.15, -0.1) is 0 Å². The van der Waals surface area contributed by atoms with E-state index < -0.39 is 16.4 Å². The first-order valence-electron chi connectivity index (χ1n) is 7.84. The van der Waals surface area contributed by atoms with Crippen LogP contribution >= 0.6 is 0 Å². The fourth-order valence-electron chi connectivity index (χ4n) is 2.33. The van der Waals surface area contributed by atoms with Crippen LogP contribution in [-0.2, 0) is 16.4 Å². The van der Waals surface area contributed by atoms with Gasteiger partial charge in [-0.3, -0.25) is 4.79 Å². The van der Waals surface area contributed by atoms with Crippen LogP contribution in [0, 0.1) is 0 Å². The molecular formula is C18H21NO6S. The van der Waals surface area contributed by atoms with Crippen molar-refractivity contribution in [3.8, 4) is 11.5 Å². The lowest BCUT2D eigenvalue weighted by Gasteiger charge is -2.10. The second-order valence-corrected chi connectivity index (χ2v) is 7.55. The van der Waals surface area contributed by atoms with Crippen molar-refractivity contribution in [1.82, 2.24) is 5.32 Å². The minimum atomic E-state index is -3.53. The molecule has 0 heterocycles. The molecule has 0 aliphatic carbocycles. The number of hydrogen-bond donors (Lipinski definition) is 2. The molecule has 1 amide bonds. The van der Waals surface area contributed by atoms with Crippen LogP contribution in [0.25, 0.3) is 0 Å². The van der Waals surface area contributed by atoms with Gasteiger partial charge in [0.2, 0.25) is 0 Å². The lowest BCUT2D eigenvalue weighted by molar-refractivity contribution is 0.0950. The molecule has 2 aromatic carbocycles. The Hall–Kier alpha value is -2.58. The van der Waals surface area contributed by atoms with Crippen molar-refractivity contribution in [1.29, 1.82) is 0 Å². The van der Waals surface area contributed by atoms with Crippen LogP contribution < -0.4 is 14.8 Å². The van der Waals surface area contributed by atoms with Gasteiger partial charge in [0.05, 0.1) is 31.5 Å². The summed E-state index contributed by atoms with van der Waals surface area (Å²) in [6.45, 7) is -0.167. The van der Waals surface area contributed by atoms with Crippen LogP contribution in [0.1, 0.15) is 15.9 Å². The molecule has 8 heteroatoms. The third-order valence-electron chi connectivity index (χ3n) is 3.74. The average Bonchev–Trinajstić information content (AvgIpc) is 2.65. The first-order chi connectivity index (χ1) is 12.4. The van der Waals surface area contributed by atoms with Gasteiger partial charge in [0.1, 0.15) is 0 Å². The number of ether oxygens (including phenoxy) is 2. The summed E-state index contributed by atoms with van der Waals surface area (Å²) in [5, 5.41) is 11.6. The zero-order valence-corrected chi connectivity index (χ0v) is 15.4. The Bertz CT molecular complexity index is 862. The summed E-state index contributed by atoms with van der Waals surface area (Å²) in [7, 11) is -0.450. The Morgan fingerprint density at radius 3 is 2.27 bits per heavy atom. The first kappa shape index (κ1) is 19.7. The van der Waals surface area contributed by atoms with E-state index in [2.05, 4.69) is 5.32 Å². The number of carbonyl (C=O) groups is 1. The number of amides is 1.